The molecule has 0 spiro atoms. The fourth-order valence-electron chi connectivity index (χ4n) is 3.92. The van der Waals surface area contributed by atoms with E-state index in [1.807, 2.05) is 36.4 Å². The Morgan fingerprint density at radius 1 is 0.886 bits per heavy atom. The van der Waals surface area contributed by atoms with Crippen LogP contribution in [0.5, 0.6) is 0 Å². The maximum Gasteiger partial charge on any atom is 0.252 e. The highest BCUT2D eigenvalue weighted by molar-refractivity contribution is 8.00. The van der Waals surface area contributed by atoms with Crippen LogP contribution < -0.4 is 15.5 Å². The molecule has 0 saturated carbocycles. The molecule has 4 rings (SSSR count). The lowest BCUT2D eigenvalue weighted by Crippen LogP contribution is -2.35. The third-order valence-electron chi connectivity index (χ3n) is 5.68. The first-order chi connectivity index (χ1) is 17.0. The molecule has 1 heterocycles. The summed E-state index contributed by atoms with van der Waals surface area (Å²) in [7, 11) is 0. The Hall–Kier alpha value is -3.65. The Labute approximate surface area is 207 Å². The lowest BCUT2D eigenvalue weighted by atomic mass is 10.1. The standard InChI is InChI=1S/C27H26FN3O3S/c28-21-11-9-19(10-12-21)17-25(32)29-14-15-30-27(34)22-6-2-4-8-24(22)35-18-26(33)31-16-13-20-5-1-3-7-23(20)31/h1-12H,13-18H2,(H,29,32)(H,30,34). The molecule has 0 unspecified atom stereocenters. The number of fused-ring (bicyclic) bond motifs is 1. The Morgan fingerprint density at radius 3 is 2.43 bits per heavy atom. The molecule has 0 saturated heterocycles. The molecule has 0 fully saturated rings. The molecule has 0 radical (unpaired) electrons. The van der Waals surface area contributed by atoms with Crippen LogP contribution in [0.3, 0.4) is 0 Å². The predicted octanol–water partition coefficient (Wildman–Crippen LogP) is 3.60. The van der Waals surface area contributed by atoms with Gasteiger partial charge in [-0.2, -0.15) is 0 Å². The molecule has 3 aromatic rings. The van der Waals surface area contributed by atoms with Gasteiger partial charge in [-0.05, 0) is 47.9 Å². The van der Waals surface area contributed by atoms with Crippen LogP contribution in [0, 0.1) is 5.82 Å². The first-order valence-electron chi connectivity index (χ1n) is 11.4. The number of thioether (sulfide) groups is 1. The molecule has 35 heavy (non-hydrogen) atoms. The number of halogens is 1. The van der Waals surface area contributed by atoms with Gasteiger partial charge in [0, 0.05) is 30.2 Å². The molecule has 3 amide bonds. The minimum absolute atomic E-state index is 0.0130. The fraction of sp³-hybridized carbons (Fsp3) is 0.222. The summed E-state index contributed by atoms with van der Waals surface area (Å²) in [5.41, 5.74) is 3.34. The van der Waals surface area contributed by atoms with Crippen molar-refractivity contribution in [2.75, 3.05) is 30.3 Å². The molecule has 1 aliphatic rings. The van der Waals surface area contributed by atoms with Crippen LogP contribution in [0.4, 0.5) is 10.1 Å². The third-order valence-corrected chi connectivity index (χ3v) is 6.74. The number of carbonyl (C=O) groups is 3. The molecular formula is C27H26FN3O3S. The zero-order valence-electron chi connectivity index (χ0n) is 19.1. The van der Waals surface area contributed by atoms with E-state index in [9.17, 15) is 18.8 Å². The van der Waals surface area contributed by atoms with Gasteiger partial charge in [0.2, 0.25) is 11.8 Å². The van der Waals surface area contributed by atoms with E-state index < -0.39 is 0 Å². The van der Waals surface area contributed by atoms with Crippen molar-refractivity contribution >= 4 is 35.2 Å². The number of rotatable bonds is 9. The topological polar surface area (TPSA) is 78.5 Å². The summed E-state index contributed by atoms with van der Waals surface area (Å²) in [6, 6.07) is 20.9. The van der Waals surface area contributed by atoms with Crippen LogP contribution in [0.15, 0.2) is 77.7 Å². The van der Waals surface area contributed by atoms with E-state index in [1.54, 1.807) is 29.2 Å². The van der Waals surface area contributed by atoms with Gasteiger partial charge in [-0.15, -0.1) is 11.8 Å². The lowest BCUT2D eigenvalue weighted by molar-refractivity contribution is -0.120. The van der Waals surface area contributed by atoms with Gasteiger partial charge in [-0.3, -0.25) is 14.4 Å². The van der Waals surface area contributed by atoms with Crippen molar-refractivity contribution < 1.29 is 18.8 Å². The number of nitrogens with zero attached hydrogens (tertiary/aromatic N) is 1. The summed E-state index contributed by atoms with van der Waals surface area (Å²) < 4.78 is 13.0. The summed E-state index contributed by atoms with van der Waals surface area (Å²) in [5.74, 6) is -0.568. The molecule has 0 bridgehead atoms. The van der Waals surface area contributed by atoms with Crippen molar-refractivity contribution in [1.29, 1.82) is 0 Å². The average molecular weight is 492 g/mol. The summed E-state index contributed by atoms with van der Waals surface area (Å²) >= 11 is 1.34. The van der Waals surface area contributed by atoms with Crippen molar-refractivity contribution in [2.45, 2.75) is 17.7 Å². The van der Waals surface area contributed by atoms with Gasteiger partial charge >= 0.3 is 0 Å². The number of amides is 3. The average Bonchev–Trinajstić information content (AvgIpc) is 3.31. The lowest BCUT2D eigenvalue weighted by Gasteiger charge is -2.17. The number of benzene rings is 3. The maximum absolute atomic E-state index is 13.0. The largest absolute Gasteiger partial charge is 0.354 e. The molecule has 0 aromatic heterocycles. The molecule has 180 valence electrons. The predicted molar refractivity (Wildman–Crippen MR) is 135 cm³/mol. The van der Waals surface area contributed by atoms with Crippen LogP contribution in [0.2, 0.25) is 0 Å². The Bertz CT molecular complexity index is 1220. The molecule has 6 nitrogen and oxygen atoms in total. The van der Waals surface area contributed by atoms with Gasteiger partial charge in [0.05, 0.1) is 17.7 Å². The van der Waals surface area contributed by atoms with Crippen molar-refractivity contribution in [3.05, 3.63) is 95.3 Å². The van der Waals surface area contributed by atoms with Crippen molar-refractivity contribution in [3.8, 4) is 0 Å². The van der Waals surface area contributed by atoms with Gasteiger partial charge in [0.25, 0.3) is 5.91 Å². The van der Waals surface area contributed by atoms with Crippen molar-refractivity contribution in [2.24, 2.45) is 0 Å². The number of hydrogen-bond donors (Lipinski definition) is 2. The van der Waals surface area contributed by atoms with Crippen LogP contribution in [0.1, 0.15) is 21.5 Å². The Kier molecular flexibility index (Phi) is 8.15. The van der Waals surface area contributed by atoms with Gasteiger partial charge in [-0.25, -0.2) is 4.39 Å². The zero-order chi connectivity index (χ0) is 24.6. The van der Waals surface area contributed by atoms with E-state index in [0.29, 0.717) is 17.7 Å². The van der Waals surface area contributed by atoms with Gasteiger partial charge in [-0.1, -0.05) is 42.5 Å². The molecule has 3 aromatic carbocycles. The second kappa shape index (κ2) is 11.7. The monoisotopic (exact) mass is 491 g/mol. The van der Waals surface area contributed by atoms with Gasteiger partial charge in [0.15, 0.2) is 0 Å². The number of para-hydroxylation sites is 1. The van der Waals surface area contributed by atoms with Crippen LogP contribution in [-0.2, 0) is 22.4 Å². The molecule has 2 N–H and O–H groups in total. The minimum atomic E-state index is -0.346. The molecular weight excluding hydrogens is 465 g/mol. The second-order valence-electron chi connectivity index (χ2n) is 8.12. The molecule has 1 aliphatic heterocycles. The zero-order valence-corrected chi connectivity index (χ0v) is 19.9. The van der Waals surface area contributed by atoms with Crippen LogP contribution in [0.25, 0.3) is 0 Å². The van der Waals surface area contributed by atoms with E-state index in [2.05, 4.69) is 10.6 Å². The van der Waals surface area contributed by atoms with Crippen LogP contribution in [-0.4, -0.2) is 43.1 Å². The van der Waals surface area contributed by atoms with E-state index in [0.717, 1.165) is 17.0 Å². The molecule has 8 heteroatoms. The molecule has 0 atom stereocenters. The van der Waals surface area contributed by atoms with Gasteiger partial charge < -0.3 is 15.5 Å². The number of nitrogens with one attached hydrogen (secondary N) is 2. The second-order valence-corrected chi connectivity index (χ2v) is 9.14. The van der Waals surface area contributed by atoms with Gasteiger partial charge in [0.1, 0.15) is 5.82 Å². The van der Waals surface area contributed by atoms with E-state index in [1.165, 1.54) is 29.5 Å². The highest BCUT2D eigenvalue weighted by Gasteiger charge is 2.24. The maximum atomic E-state index is 13.0. The van der Waals surface area contributed by atoms with Crippen LogP contribution >= 0.6 is 11.8 Å². The first-order valence-corrected chi connectivity index (χ1v) is 12.4. The Morgan fingerprint density at radius 2 is 1.60 bits per heavy atom. The first kappa shape index (κ1) is 24.5. The smallest absolute Gasteiger partial charge is 0.252 e. The van der Waals surface area contributed by atoms with Crippen molar-refractivity contribution in [3.63, 3.8) is 0 Å². The quantitative estimate of drug-likeness (QED) is 0.354. The van der Waals surface area contributed by atoms with Crippen molar-refractivity contribution in [1.82, 2.24) is 10.6 Å². The number of carbonyl (C=O) groups excluding carboxylic acids is 3. The highest BCUT2D eigenvalue weighted by atomic mass is 32.2. The fourth-order valence-corrected chi connectivity index (χ4v) is 4.84. The van der Waals surface area contributed by atoms with E-state index in [4.69, 9.17) is 0 Å². The highest BCUT2D eigenvalue weighted by Crippen LogP contribution is 2.29. The minimum Gasteiger partial charge on any atom is -0.354 e. The van der Waals surface area contributed by atoms with E-state index in [-0.39, 0.29) is 48.8 Å². The Balaban J connectivity index is 1.24. The third kappa shape index (κ3) is 6.48. The SMILES string of the molecule is O=C(Cc1ccc(F)cc1)NCCNC(=O)c1ccccc1SCC(=O)N1CCc2ccccc21. The summed E-state index contributed by atoms with van der Waals surface area (Å²) in [6.07, 6.45) is 0.995. The summed E-state index contributed by atoms with van der Waals surface area (Å²) in [4.78, 5) is 40.1. The number of hydrogen-bond acceptors (Lipinski definition) is 4. The summed E-state index contributed by atoms with van der Waals surface area (Å²) in [6.45, 7) is 1.21. The molecule has 0 aliphatic carbocycles. The normalized spacial score (nSPS) is 12.2. The van der Waals surface area contributed by atoms with E-state index >= 15 is 0 Å². The number of anilines is 1. The summed E-state index contributed by atoms with van der Waals surface area (Å²) in [5, 5.41) is 5.55.